The second-order valence-corrected chi connectivity index (χ2v) is 6.36. The Kier molecular flexibility index (Phi) is 5.02. The predicted molar refractivity (Wildman–Crippen MR) is 92.7 cm³/mol. The summed E-state index contributed by atoms with van der Waals surface area (Å²) in [5.74, 6) is -0.708. The summed E-state index contributed by atoms with van der Waals surface area (Å²) in [7, 11) is 0. The van der Waals surface area contributed by atoms with Crippen molar-refractivity contribution in [3.05, 3.63) is 58.9 Å². The van der Waals surface area contributed by atoms with Crippen molar-refractivity contribution in [1.82, 2.24) is 0 Å². The Balaban J connectivity index is 1.64. The molecule has 1 fully saturated rings. The standard InChI is InChI=1S/C18H18ClFN2O2/c19-12-3-1-11(2-4-12)17(23)10-18(24)22-15-8-5-13(20)9-16(15)21-14-6-7-14/h1-5,8-9,14,17,21,23H,6-7,10H2,(H,22,24). The van der Waals surface area contributed by atoms with E-state index < -0.39 is 6.10 Å². The molecule has 3 rings (SSSR count). The SMILES string of the molecule is O=C(CC(O)c1ccc(Cl)cc1)Nc1ccc(F)cc1NC1CC1. The summed E-state index contributed by atoms with van der Waals surface area (Å²) in [4.78, 5) is 12.2. The Hall–Kier alpha value is -2.11. The van der Waals surface area contributed by atoms with Gasteiger partial charge in [0.1, 0.15) is 5.82 Å². The van der Waals surface area contributed by atoms with Gasteiger partial charge in [-0.2, -0.15) is 0 Å². The Morgan fingerprint density at radius 2 is 1.92 bits per heavy atom. The molecule has 1 aliphatic rings. The second kappa shape index (κ2) is 7.20. The molecule has 2 aromatic rings. The summed E-state index contributed by atoms with van der Waals surface area (Å²) >= 11 is 5.81. The number of rotatable bonds is 6. The highest BCUT2D eigenvalue weighted by Crippen LogP contribution is 2.30. The maximum atomic E-state index is 13.4. The number of carbonyl (C=O) groups is 1. The average Bonchev–Trinajstić information content (AvgIpc) is 3.34. The van der Waals surface area contributed by atoms with Crippen molar-refractivity contribution in [1.29, 1.82) is 0 Å². The number of amides is 1. The molecule has 0 aliphatic heterocycles. The fraction of sp³-hybridized carbons (Fsp3) is 0.278. The minimum absolute atomic E-state index is 0.0954. The highest BCUT2D eigenvalue weighted by molar-refractivity contribution is 6.30. The van der Waals surface area contributed by atoms with Gasteiger partial charge in [-0.1, -0.05) is 23.7 Å². The molecule has 1 aliphatic carbocycles. The molecule has 3 N–H and O–H groups in total. The van der Waals surface area contributed by atoms with E-state index in [0.717, 1.165) is 12.8 Å². The zero-order valence-electron chi connectivity index (χ0n) is 12.9. The number of halogens is 2. The van der Waals surface area contributed by atoms with E-state index in [1.54, 1.807) is 24.3 Å². The number of hydrogen-bond donors (Lipinski definition) is 3. The van der Waals surface area contributed by atoms with E-state index in [2.05, 4.69) is 10.6 Å². The summed E-state index contributed by atoms with van der Waals surface area (Å²) in [5.41, 5.74) is 1.69. The van der Waals surface area contributed by atoms with Crippen molar-refractivity contribution < 1.29 is 14.3 Å². The van der Waals surface area contributed by atoms with Crippen LogP contribution in [0.5, 0.6) is 0 Å². The van der Waals surface area contributed by atoms with E-state index in [1.165, 1.54) is 18.2 Å². The smallest absolute Gasteiger partial charge is 0.227 e. The van der Waals surface area contributed by atoms with Crippen molar-refractivity contribution in [2.75, 3.05) is 10.6 Å². The third-order valence-electron chi connectivity index (χ3n) is 3.83. The molecule has 0 bridgehead atoms. The molecule has 4 nitrogen and oxygen atoms in total. The van der Waals surface area contributed by atoms with Gasteiger partial charge in [0.15, 0.2) is 0 Å². The van der Waals surface area contributed by atoms with Crippen LogP contribution < -0.4 is 10.6 Å². The zero-order chi connectivity index (χ0) is 17.1. The molecule has 1 unspecified atom stereocenters. The first-order chi connectivity index (χ1) is 11.5. The highest BCUT2D eigenvalue weighted by atomic mass is 35.5. The molecular formula is C18H18ClFN2O2. The van der Waals surface area contributed by atoms with Crippen molar-refractivity contribution in [2.45, 2.75) is 31.4 Å². The van der Waals surface area contributed by atoms with Gasteiger partial charge >= 0.3 is 0 Å². The van der Waals surface area contributed by atoms with Crippen LogP contribution in [-0.2, 0) is 4.79 Å². The minimum atomic E-state index is -0.928. The van der Waals surface area contributed by atoms with Gasteiger partial charge in [-0.25, -0.2) is 4.39 Å². The van der Waals surface area contributed by atoms with E-state index in [-0.39, 0.29) is 18.1 Å². The molecule has 1 atom stereocenters. The van der Waals surface area contributed by atoms with Crippen molar-refractivity contribution in [2.24, 2.45) is 0 Å². The normalized spacial score (nSPS) is 15.0. The maximum absolute atomic E-state index is 13.4. The van der Waals surface area contributed by atoms with Crippen LogP contribution in [-0.4, -0.2) is 17.1 Å². The monoisotopic (exact) mass is 348 g/mol. The topological polar surface area (TPSA) is 61.4 Å². The number of aliphatic hydroxyl groups is 1. The molecule has 126 valence electrons. The van der Waals surface area contributed by atoms with E-state index >= 15 is 0 Å². The molecule has 24 heavy (non-hydrogen) atoms. The fourth-order valence-electron chi connectivity index (χ4n) is 2.37. The van der Waals surface area contributed by atoms with Crippen molar-refractivity contribution in [3.8, 4) is 0 Å². The van der Waals surface area contributed by atoms with Gasteiger partial charge < -0.3 is 15.7 Å². The van der Waals surface area contributed by atoms with Crippen LogP contribution >= 0.6 is 11.6 Å². The number of nitrogens with one attached hydrogen (secondary N) is 2. The van der Waals surface area contributed by atoms with Crippen LogP contribution in [0.25, 0.3) is 0 Å². The maximum Gasteiger partial charge on any atom is 0.227 e. The lowest BCUT2D eigenvalue weighted by Gasteiger charge is -2.15. The minimum Gasteiger partial charge on any atom is -0.388 e. The summed E-state index contributed by atoms with van der Waals surface area (Å²) in [6, 6.07) is 11.2. The Morgan fingerprint density at radius 3 is 2.58 bits per heavy atom. The molecular weight excluding hydrogens is 331 g/mol. The average molecular weight is 349 g/mol. The van der Waals surface area contributed by atoms with Crippen LogP contribution in [0.4, 0.5) is 15.8 Å². The zero-order valence-corrected chi connectivity index (χ0v) is 13.7. The quantitative estimate of drug-likeness (QED) is 0.736. The molecule has 0 spiro atoms. The Bertz CT molecular complexity index is 732. The molecule has 2 aromatic carbocycles. The van der Waals surface area contributed by atoms with Gasteiger partial charge in [-0.3, -0.25) is 4.79 Å². The molecule has 0 radical (unpaired) electrons. The van der Waals surface area contributed by atoms with Gasteiger partial charge in [-0.05, 0) is 48.7 Å². The van der Waals surface area contributed by atoms with Gasteiger partial charge in [0.25, 0.3) is 0 Å². The number of aliphatic hydroxyl groups excluding tert-OH is 1. The highest BCUT2D eigenvalue weighted by Gasteiger charge is 2.23. The van der Waals surface area contributed by atoms with Crippen LogP contribution in [0.2, 0.25) is 5.02 Å². The largest absolute Gasteiger partial charge is 0.388 e. The number of anilines is 2. The fourth-order valence-corrected chi connectivity index (χ4v) is 2.50. The molecule has 0 heterocycles. The van der Waals surface area contributed by atoms with E-state index in [1.807, 2.05) is 0 Å². The lowest BCUT2D eigenvalue weighted by atomic mass is 10.1. The molecule has 0 saturated heterocycles. The van der Waals surface area contributed by atoms with Crippen LogP contribution in [0.3, 0.4) is 0 Å². The second-order valence-electron chi connectivity index (χ2n) is 5.93. The van der Waals surface area contributed by atoms with Crippen molar-refractivity contribution in [3.63, 3.8) is 0 Å². The third-order valence-corrected chi connectivity index (χ3v) is 4.08. The molecule has 1 saturated carbocycles. The van der Waals surface area contributed by atoms with Crippen LogP contribution in [0.15, 0.2) is 42.5 Å². The summed E-state index contributed by atoms with van der Waals surface area (Å²) in [6.07, 6.45) is 1.06. The number of carbonyl (C=O) groups excluding carboxylic acids is 1. The Morgan fingerprint density at radius 1 is 1.21 bits per heavy atom. The van der Waals surface area contributed by atoms with E-state index in [0.29, 0.717) is 28.0 Å². The summed E-state index contributed by atoms with van der Waals surface area (Å²) < 4.78 is 13.4. The third kappa shape index (κ3) is 4.46. The van der Waals surface area contributed by atoms with Gasteiger partial charge in [0, 0.05) is 11.1 Å². The molecule has 1 amide bonds. The van der Waals surface area contributed by atoms with Gasteiger partial charge in [0.2, 0.25) is 5.91 Å². The van der Waals surface area contributed by atoms with E-state index in [9.17, 15) is 14.3 Å². The predicted octanol–water partition coefficient (Wildman–Crippen LogP) is 4.12. The van der Waals surface area contributed by atoms with E-state index in [4.69, 9.17) is 11.6 Å². The lowest BCUT2D eigenvalue weighted by Crippen LogP contribution is -2.17. The Labute approximate surface area is 144 Å². The number of hydrogen-bond acceptors (Lipinski definition) is 3. The first kappa shape index (κ1) is 16.7. The summed E-state index contributed by atoms with van der Waals surface area (Å²) in [5, 5.41) is 16.6. The van der Waals surface area contributed by atoms with Crippen molar-refractivity contribution >= 4 is 28.9 Å². The molecule has 0 aromatic heterocycles. The first-order valence-corrected chi connectivity index (χ1v) is 8.18. The lowest BCUT2D eigenvalue weighted by molar-refractivity contribution is -0.118. The van der Waals surface area contributed by atoms with Gasteiger partial charge in [0.05, 0.1) is 23.9 Å². The van der Waals surface area contributed by atoms with Crippen LogP contribution in [0.1, 0.15) is 30.9 Å². The number of benzene rings is 2. The van der Waals surface area contributed by atoms with Gasteiger partial charge in [-0.15, -0.1) is 0 Å². The van der Waals surface area contributed by atoms with Crippen LogP contribution in [0, 0.1) is 5.82 Å². The first-order valence-electron chi connectivity index (χ1n) is 7.81. The molecule has 6 heteroatoms. The summed E-state index contributed by atoms with van der Waals surface area (Å²) in [6.45, 7) is 0.